The fourth-order valence-corrected chi connectivity index (χ4v) is 5.22. The van der Waals surface area contributed by atoms with Crippen LogP contribution in [0.5, 0.6) is 0 Å². The molecule has 0 radical (unpaired) electrons. The molecule has 0 aliphatic heterocycles. The zero-order chi connectivity index (χ0) is 13.8. The van der Waals surface area contributed by atoms with E-state index in [1.165, 1.54) is 14.9 Å². The lowest BCUT2D eigenvalue weighted by atomic mass is 10.0. The van der Waals surface area contributed by atoms with Gasteiger partial charge in [-0.1, -0.05) is 30.7 Å². The Balaban J connectivity index is 2.23. The minimum Gasteiger partial charge on any atom is -0.310 e. The van der Waals surface area contributed by atoms with Crippen molar-refractivity contribution in [3.8, 4) is 0 Å². The van der Waals surface area contributed by atoms with Gasteiger partial charge in [0, 0.05) is 11.1 Å². The third kappa shape index (κ3) is 4.30. The van der Waals surface area contributed by atoms with Crippen LogP contribution in [0, 0.1) is 0 Å². The largest absolute Gasteiger partial charge is 0.310 e. The third-order valence-electron chi connectivity index (χ3n) is 2.84. The summed E-state index contributed by atoms with van der Waals surface area (Å²) < 4.78 is 2.32. The number of hydrogen-bond donors (Lipinski definition) is 1. The van der Waals surface area contributed by atoms with E-state index in [1.54, 1.807) is 11.3 Å². The molecule has 0 saturated carbocycles. The molecule has 1 heterocycles. The first-order valence-electron chi connectivity index (χ1n) is 6.02. The summed E-state index contributed by atoms with van der Waals surface area (Å²) in [5.41, 5.74) is 2.53. The number of likely N-dealkylation sites (N-methyl/N-ethyl adjacent to an activating group) is 1. The van der Waals surface area contributed by atoms with E-state index in [1.807, 2.05) is 18.2 Å². The molecular formula is C14H14Br2ClNS. The highest BCUT2D eigenvalue weighted by Gasteiger charge is 2.17. The Bertz CT molecular complexity index is 556. The van der Waals surface area contributed by atoms with Crippen molar-refractivity contribution in [1.82, 2.24) is 5.32 Å². The average molecular weight is 424 g/mol. The van der Waals surface area contributed by atoms with Crippen LogP contribution in [-0.2, 0) is 6.42 Å². The molecule has 1 aromatic carbocycles. The highest BCUT2D eigenvalue weighted by Crippen LogP contribution is 2.36. The summed E-state index contributed by atoms with van der Waals surface area (Å²) in [6.45, 7) is 3.06. The van der Waals surface area contributed by atoms with Crippen LogP contribution in [-0.4, -0.2) is 6.54 Å². The molecule has 1 atom stereocenters. The molecule has 1 N–H and O–H groups in total. The van der Waals surface area contributed by atoms with Crippen LogP contribution in [0.2, 0.25) is 5.02 Å². The summed E-state index contributed by atoms with van der Waals surface area (Å²) in [5.74, 6) is 0. The Morgan fingerprint density at radius 2 is 2.11 bits per heavy atom. The third-order valence-corrected chi connectivity index (χ3v) is 5.46. The van der Waals surface area contributed by atoms with Crippen LogP contribution in [0.15, 0.2) is 37.9 Å². The maximum Gasteiger partial charge on any atom is 0.0758 e. The Morgan fingerprint density at radius 1 is 1.32 bits per heavy atom. The average Bonchev–Trinajstić information content (AvgIpc) is 2.68. The zero-order valence-electron chi connectivity index (χ0n) is 10.4. The van der Waals surface area contributed by atoms with E-state index in [0.717, 1.165) is 21.8 Å². The highest BCUT2D eigenvalue weighted by atomic mass is 79.9. The van der Waals surface area contributed by atoms with Crippen LogP contribution in [0.1, 0.15) is 24.1 Å². The smallest absolute Gasteiger partial charge is 0.0758 e. The summed E-state index contributed by atoms with van der Waals surface area (Å²) in [5, 5.41) is 4.32. The fourth-order valence-electron chi connectivity index (χ4n) is 2.03. The molecule has 0 fully saturated rings. The van der Waals surface area contributed by atoms with E-state index >= 15 is 0 Å². The predicted molar refractivity (Wildman–Crippen MR) is 91.3 cm³/mol. The van der Waals surface area contributed by atoms with Crippen molar-refractivity contribution in [2.24, 2.45) is 0 Å². The molecule has 0 spiro atoms. The summed E-state index contributed by atoms with van der Waals surface area (Å²) >= 11 is 14.9. The maximum absolute atomic E-state index is 6.05. The number of halogens is 3. The van der Waals surface area contributed by atoms with Gasteiger partial charge in [0.1, 0.15) is 0 Å². The van der Waals surface area contributed by atoms with E-state index in [2.05, 4.69) is 56.2 Å². The van der Waals surface area contributed by atoms with Gasteiger partial charge in [-0.25, -0.2) is 0 Å². The van der Waals surface area contributed by atoms with Crippen molar-refractivity contribution in [2.45, 2.75) is 19.4 Å². The molecule has 0 amide bonds. The lowest BCUT2D eigenvalue weighted by Crippen LogP contribution is -2.22. The van der Waals surface area contributed by atoms with Gasteiger partial charge in [0.05, 0.1) is 7.57 Å². The van der Waals surface area contributed by atoms with Gasteiger partial charge in [-0.2, -0.15) is 0 Å². The van der Waals surface area contributed by atoms with Crippen molar-refractivity contribution in [1.29, 1.82) is 0 Å². The van der Waals surface area contributed by atoms with Crippen molar-refractivity contribution in [3.05, 3.63) is 54.1 Å². The number of rotatable bonds is 5. The van der Waals surface area contributed by atoms with Gasteiger partial charge in [0.15, 0.2) is 0 Å². The number of thiophene rings is 1. The molecule has 0 aliphatic carbocycles. The molecule has 102 valence electrons. The van der Waals surface area contributed by atoms with Crippen molar-refractivity contribution in [2.75, 3.05) is 6.54 Å². The van der Waals surface area contributed by atoms with E-state index < -0.39 is 0 Å². The Hall–Kier alpha value is 0.130. The molecule has 0 bridgehead atoms. The maximum atomic E-state index is 6.05. The van der Waals surface area contributed by atoms with Crippen molar-refractivity contribution < 1.29 is 0 Å². The van der Waals surface area contributed by atoms with E-state index in [-0.39, 0.29) is 0 Å². The van der Waals surface area contributed by atoms with Crippen LogP contribution >= 0.6 is 54.8 Å². The Labute approximate surface area is 139 Å². The molecule has 5 heteroatoms. The van der Waals surface area contributed by atoms with E-state index in [4.69, 9.17) is 11.6 Å². The predicted octanol–water partition coefficient (Wildman–Crippen LogP) is 5.82. The Morgan fingerprint density at radius 3 is 2.68 bits per heavy atom. The molecule has 2 aromatic rings. The van der Waals surface area contributed by atoms with Crippen LogP contribution in [0.25, 0.3) is 0 Å². The van der Waals surface area contributed by atoms with E-state index in [0.29, 0.717) is 6.04 Å². The van der Waals surface area contributed by atoms with Gasteiger partial charge in [0.25, 0.3) is 0 Å². The molecule has 1 nitrogen and oxygen atoms in total. The molecule has 1 unspecified atom stereocenters. The molecule has 2 rings (SSSR count). The van der Waals surface area contributed by atoms with Crippen LogP contribution < -0.4 is 5.32 Å². The molecule has 1 aromatic heterocycles. The summed E-state index contributed by atoms with van der Waals surface area (Å²) in [4.78, 5) is 0. The molecule has 19 heavy (non-hydrogen) atoms. The van der Waals surface area contributed by atoms with Gasteiger partial charge in [-0.05, 0) is 74.2 Å². The molecule has 0 saturated heterocycles. The van der Waals surface area contributed by atoms with Gasteiger partial charge in [-0.15, -0.1) is 11.3 Å². The number of benzene rings is 1. The number of nitrogens with one attached hydrogen (secondary N) is 1. The second-order valence-electron chi connectivity index (χ2n) is 4.22. The van der Waals surface area contributed by atoms with Crippen LogP contribution in [0.3, 0.4) is 0 Å². The van der Waals surface area contributed by atoms with Gasteiger partial charge in [-0.3, -0.25) is 0 Å². The van der Waals surface area contributed by atoms with Crippen LogP contribution in [0.4, 0.5) is 0 Å². The second-order valence-corrected chi connectivity index (χ2v) is 8.41. The molecule has 0 aliphatic rings. The van der Waals surface area contributed by atoms with E-state index in [9.17, 15) is 0 Å². The van der Waals surface area contributed by atoms with Crippen molar-refractivity contribution in [3.63, 3.8) is 0 Å². The zero-order valence-corrected chi connectivity index (χ0v) is 15.2. The highest BCUT2D eigenvalue weighted by molar-refractivity contribution is 9.12. The first kappa shape index (κ1) is 15.5. The minimum atomic E-state index is 0.292. The quantitative estimate of drug-likeness (QED) is 0.639. The first-order valence-corrected chi connectivity index (χ1v) is 8.80. The fraction of sp³-hybridized carbons (Fsp3) is 0.286. The minimum absolute atomic E-state index is 0.292. The van der Waals surface area contributed by atoms with Gasteiger partial charge < -0.3 is 5.32 Å². The lowest BCUT2D eigenvalue weighted by molar-refractivity contribution is 0.549. The molecular weight excluding hydrogens is 409 g/mol. The summed E-state index contributed by atoms with van der Waals surface area (Å²) in [7, 11) is 0. The SMILES string of the molecule is CCNC(Cc1cccc(Cl)c1)c1cc(Br)sc1Br. The number of hydrogen-bond acceptors (Lipinski definition) is 2. The summed E-state index contributed by atoms with van der Waals surface area (Å²) in [6, 6.07) is 10.5. The van der Waals surface area contributed by atoms with Crippen molar-refractivity contribution >= 4 is 54.8 Å². The van der Waals surface area contributed by atoms with Gasteiger partial charge >= 0.3 is 0 Å². The first-order chi connectivity index (χ1) is 9.10. The topological polar surface area (TPSA) is 12.0 Å². The monoisotopic (exact) mass is 421 g/mol. The van der Waals surface area contributed by atoms with Gasteiger partial charge in [0.2, 0.25) is 0 Å². The summed E-state index contributed by atoms with van der Waals surface area (Å²) in [6.07, 6.45) is 0.927. The standard InChI is InChI=1S/C14H14Br2ClNS/c1-2-18-12(11-8-13(15)19-14(11)16)7-9-4-3-5-10(17)6-9/h3-6,8,12,18H,2,7H2,1H3. The Kier molecular flexibility index (Phi) is 5.90. The normalized spacial score (nSPS) is 12.6. The lowest BCUT2D eigenvalue weighted by Gasteiger charge is -2.18. The second kappa shape index (κ2) is 7.23.